The number of aromatic nitrogens is 2. The fourth-order valence-corrected chi connectivity index (χ4v) is 1.59. The van der Waals surface area contributed by atoms with Crippen LogP contribution in [0.3, 0.4) is 0 Å². The van der Waals surface area contributed by atoms with Crippen molar-refractivity contribution in [2.45, 2.75) is 26.9 Å². The standard InChI is InChI=1S/C13H14N2O3/c1-3-12-14-11(15-18-12)8-17-13-9(2)5-4-6-10(13)7-16/h4-7H,3,8H2,1-2H3. The first kappa shape index (κ1) is 12.3. The van der Waals surface area contributed by atoms with E-state index in [1.165, 1.54) is 0 Å². The molecule has 0 unspecified atom stereocenters. The van der Waals surface area contributed by atoms with E-state index >= 15 is 0 Å². The summed E-state index contributed by atoms with van der Waals surface area (Å²) in [5, 5.41) is 3.79. The van der Waals surface area contributed by atoms with Gasteiger partial charge in [0.15, 0.2) is 12.9 Å². The number of aryl methyl sites for hydroxylation is 2. The number of rotatable bonds is 5. The normalized spacial score (nSPS) is 10.3. The quantitative estimate of drug-likeness (QED) is 0.757. The van der Waals surface area contributed by atoms with Crippen molar-refractivity contribution in [3.8, 4) is 5.75 Å². The third-order valence-electron chi connectivity index (χ3n) is 2.53. The number of aldehydes is 1. The predicted octanol–water partition coefficient (Wildman–Crippen LogP) is 2.33. The van der Waals surface area contributed by atoms with Crippen LogP contribution in [-0.2, 0) is 13.0 Å². The van der Waals surface area contributed by atoms with Gasteiger partial charge in [0.2, 0.25) is 11.7 Å². The van der Waals surface area contributed by atoms with Crippen LogP contribution in [0.15, 0.2) is 22.7 Å². The largest absolute Gasteiger partial charge is 0.484 e. The van der Waals surface area contributed by atoms with Gasteiger partial charge in [0.1, 0.15) is 5.75 Å². The highest BCUT2D eigenvalue weighted by molar-refractivity contribution is 5.80. The minimum atomic E-state index is 0.190. The van der Waals surface area contributed by atoms with E-state index in [2.05, 4.69) is 10.1 Å². The maximum atomic E-state index is 10.9. The van der Waals surface area contributed by atoms with Crippen LogP contribution in [0.1, 0.15) is 34.6 Å². The molecule has 5 heteroatoms. The molecular weight excluding hydrogens is 232 g/mol. The average molecular weight is 246 g/mol. The van der Waals surface area contributed by atoms with Gasteiger partial charge >= 0.3 is 0 Å². The van der Waals surface area contributed by atoms with E-state index < -0.39 is 0 Å². The summed E-state index contributed by atoms with van der Waals surface area (Å²) in [7, 11) is 0. The summed E-state index contributed by atoms with van der Waals surface area (Å²) in [4.78, 5) is 15.0. The highest BCUT2D eigenvalue weighted by atomic mass is 16.5. The molecule has 94 valence electrons. The zero-order chi connectivity index (χ0) is 13.0. The summed E-state index contributed by atoms with van der Waals surface area (Å²) in [5.74, 6) is 1.62. The number of ether oxygens (including phenoxy) is 1. The van der Waals surface area contributed by atoms with E-state index in [4.69, 9.17) is 9.26 Å². The Balaban J connectivity index is 2.12. The van der Waals surface area contributed by atoms with Crippen LogP contribution in [0.25, 0.3) is 0 Å². The van der Waals surface area contributed by atoms with E-state index in [1.54, 1.807) is 6.07 Å². The van der Waals surface area contributed by atoms with Crippen LogP contribution in [-0.4, -0.2) is 16.4 Å². The molecule has 2 rings (SSSR count). The molecule has 1 aromatic carbocycles. The molecule has 0 bridgehead atoms. The fourth-order valence-electron chi connectivity index (χ4n) is 1.59. The predicted molar refractivity (Wildman–Crippen MR) is 64.6 cm³/mol. The number of hydrogen-bond acceptors (Lipinski definition) is 5. The topological polar surface area (TPSA) is 65.2 Å². The molecule has 0 aliphatic carbocycles. The minimum absolute atomic E-state index is 0.190. The second-order valence-electron chi connectivity index (χ2n) is 3.86. The smallest absolute Gasteiger partial charge is 0.226 e. The zero-order valence-electron chi connectivity index (χ0n) is 10.3. The summed E-state index contributed by atoms with van der Waals surface area (Å²) in [6.45, 7) is 4.01. The molecule has 0 atom stereocenters. The summed E-state index contributed by atoms with van der Waals surface area (Å²) in [6.07, 6.45) is 1.47. The van der Waals surface area contributed by atoms with Crippen molar-refractivity contribution in [2.75, 3.05) is 0 Å². The van der Waals surface area contributed by atoms with Gasteiger partial charge in [-0.25, -0.2) is 0 Å². The van der Waals surface area contributed by atoms with Gasteiger partial charge in [-0.1, -0.05) is 24.2 Å². The van der Waals surface area contributed by atoms with E-state index in [9.17, 15) is 4.79 Å². The lowest BCUT2D eigenvalue weighted by Crippen LogP contribution is -2.01. The molecule has 1 aromatic heterocycles. The minimum Gasteiger partial charge on any atom is -0.484 e. The molecule has 0 saturated carbocycles. The van der Waals surface area contributed by atoms with Crippen LogP contribution in [0.5, 0.6) is 5.75 Å². The highest BCUT2D eigenvalue weighted by Gasteiger charge is 2.09. The molecular formula is C13H14N2O3. The Bertz CT molecular complexity index is 549. The summed E-state index contributed by atoms with van der Waals surface area (Å²) in [5.41, 5.74) is 1.42. The van der Waals surface area contributed by atoms with Gasteiger partial charge in [-0.3, -0.25) is 4.79 Å². The Morgan fingerprint density at radius 2 is 2.28 bits per heavy atom. The van der Waals surface area contributed by atoms with Crippen molar-refractivity contribution in [2.24, 2.45) is 0 Å². The molecule has 1 heterocycles. The number of hydrogen-bond donors (Lipinski definition) is 0. The van der Waals surface area contributed by atoms with Crippen molar-refractivity contribution in [3.63, 3.8) is 0 Å². The van der Waals surface area contributed by atoms with Gasteiger partial charge in [0, 0.05) is 6.42 Å². The monoisotopic (exact) mass is 246 g/mol. The zero-order valence-corrected chi connectivity index (χ0v) is 10.3. The first-order valence-corrected chi connectivity index (χ1v) is 5.73. The molecule has 0 amide bonds. The fraction of sp³-hybridized carbons (Fsp3) is 0.308. The molecule has 0 N–H and O–H groups in total. The number of para-hydroxylation sites is 1. The maximum absolute atomic E-state index is 10.9. The Kier molecular flexibility index (Phi) is 3.72. The van der Waals surface area contributed by atoms with Gasteiger partial charge < -0.3 is 9.26 Å². The Morgan fingerprint density at radius 1 is 1.44 bits per heavy atom. The third-order valence-corrected chi connectivity index (χ3v) is 2.53. The van der Waals surface area contributed by atoms with Crippen LogP contribution in [0.2, 0.25) is 0 Å². The lowest BCUT2D eigenvalue weighted by Gasteiger charge is -2.08. The van der Waals surface area contributed by atoms with Crippen LogP contribution in [0.4, 0.5) is 0 Å². The second kappa shape index (κ2) is 5.44. The van der Waals surface area contributed by atoms with Crippen LogP contribution >= 0.6 is 0 Å². The average Bonchev–Trinajstić information content (AvgIpc) is 2.85. The van der Waals surface area contributed by atoms with Gasteiger partial charge in [-0.05, 0) is 18.6 Å². The number of benzene rings is 1. The van der Waals surface area contributed by atoms with Crippen molar-refractivity contribution in [1.82, 2.24) is 10.1 Å². The molecule has 0 fully saturated rings. The second-order valence-corrected chi connectivity index (χ2v) is 3.86. The van der Waals surface area contributed by atoms with Crippen molar-refractivity contribution in [3.05, 3.63) is 41.0 Å². The van der Waals surface area contributed by atoms with Crippen molar-refractivity contribution >= 4 is 6.29 Å². The molecule has 0 aliphatic heterocycles. The van der Waals surface area contributed by atoms with E-state index in [1.807, 2.05) is 26.0 Å². The number of carbonyl (C=O) groups excluding carboxylic acids is 1. The molecule has 2 aromatic rings. The van der Waals surface area contributed by atoms with Crippen LogP contribution in [0, 0.1) is 6.92 Å². The SMILES string of the molecule is CCc1nc(COc2c(C)cccc2C=O)no1. The van der Waals surface area contributed by atoms with Crippen LogP contribution < -0.4 is 4.74 Å². The highest BCUT2D eigenvalue weighted by Crippen LogP contribution is 2.22. The van der Waals surface area contributed by atoms with E-state index in [0.717, 1.165) is 11.8 Å². The molecule has 0 radical (unpaired) electrons. The third kappa shape index (κ3) is 2.56. The molecule has 5 nitrogen and oxygen atoms in total. The number of nitrogens with zero attached hydrogens (tertiary/aromatic N) is 2. The summed E-state index contributed by atoms with van der Waals surface area (Å²) in [6, 6.07) is 5.41. The van der Waals surface area contributed by atoms with Crippen molar-refractivity contribution < 1.29 is 14.1 Å². The Hall–Kier alpha value is -2.17. The summed E-state index contributed by atoms with van der Waals surface area (Å²) >= 11 is 0. The maximum Gasteiger partial charge on any atom is 0.226 e. The number of carbonyl (C=O) groups is 1. The molecule has 0 saturated heterocycles. The molecule has 0 spiro atoms. The van der Waals surface area contributed by atoms with Gasteiger partial charge in [0.25, 0.3) is 0 Å². The molecule has 18 heavy (non-hydrogen) atoms. The molecule has 0 aliphatic rings. The van der Waals surface area contributed by atoms with Gasteiger partial charge in [-0.2, -0.15) is 4.98 Å². The van der Waals surface area contributed by atoms with Crippen molar-refractivity contribution in [1.29, 1.82) is 0 Å². The lowest BCUT2D eigenvalue weighted by molar-refractivity contribution is 0.111. The summed E-state index contributed by atoms with van der Waals surface area (Å²) < 4.78 is 10.6. The first-order chi connectivity index (χ1) is 8.74. The van der Waals surface area contributed by atoms with E-state index in [0.29, 0.717) is 29.4 Å². The Morgan fingerprint density at radius 3 is 2.94 bits per heavy atom. The first-order valence-electron chi connectivity index (χ1n) is 5.73. The van der Waals surface area contributed by atoms with Gasteiger partial charge in [0.05, 0.1) is 5.56 Å². The van der Waals surface area contributed by atoms with Gasteiger partial charge in [-0.15, -0.1) is 0 Å². The van der Waals surface area contributed by atoms with E-state index in [-0.39, 0.29) is 6.61 Å². The lowest BCUT2D eigenvalue weighted by atomic mass is 10.1. The Labute approximate surface area is 105 Å².